The average molecular weight is 411 g/mol. The lowest BCUT2D eigenvalue weighted by atomic mass is 9.85. The largest absolute Gasteiger partial charge is 0.493 e. The molecule has 3 N–H and O–H groups in total. The minimum absolute atomic E-state index is 0.0408. The van der Waals surface area contributed by atoms with Gasteiger partial charge in [-0.3, -0.25) is 9.59 Å². The van der Waals surface area contributed by atoms with Crippen LogP contribution in [0.3, 0.4) is 0 Å². The summed E-state index contributed by atoms with van der Waals surface area (Å²) in [6.45, 7) is 6.70. The highest BCUT2D eigenvalue weighted by molar-refractivity contribution is 5.91. The van der Waals surface area contributed by atoms with Gasteiger partial charge in [0.15, 0.2) is 18.1 Å². The van der Waals surface area contributed by atoms with E-state index in [1.807, 2.05) is 6.07 Å². The first-order valence-corrected chi connectivity index (χ1v) is 10.1. The van der Waals surface area contributed by atoms with Crippen LogP contribution in [0, 0.1) is 0 Å². The number of methoxy groups -OCH3 is 1. The summed E-state index contributed by atoms with van der Waals surface area (Å²) in [5.74, 6) is 0.406. The van der Waals surface area contributed by atoms with Crippen LogP contribution in [0.4, 0.5) is 0 Å². The molecule has 0 aromatic heterocycles. The van der Waals surface area contributed by atoms with Gasteiger partial charge in [0.05, 0.1) is 12.5 Å². The van der Waals surface area contributed by atoms with E-state index in [0.717, 1.165) is 24.0 Å². The van der Waals surface area contributed by atoms with Crippen molar-refractivity contribution in [2.24, 2.45) is 5.73 Å². The Hall–Kier alpha value is -3.02. The molecule has 160 valence electrons. The zero-order chi connectivity index (χ0) is 21.9. The number of benzene rings is 2. The molecule has 30 heavy (non-hydrogen) atoms. The quantitative estimate of drug-likeness (QED) is 0.699. The molecular weight excluding hydrogens is 380 g/mol. The molecule has 0 saturated heterocycles. The minimum Gasteiger partial charge on any atom is -0.493 e. The maximum Gasteiger partial charge on any atom is 0.255 e. The molecule has 0 unspecified atom stereocenters. The van der Waals surface area contributed by atoms with Crippen molar-refractivity contribution >= 4 is 11.8 Å². The fraction of sp³-hybridized carbons (Fsp3) is 0.417. The molecule has 0 radical (unpaired) electrons. The molecule has 6 nitrogen and oxygen atoms in total. The molecule has 2 aromatic carbocycles. The Bertz CT molecular complexity index is 925. The predicted octanol–water partition coefficient (Wildman–Crippen LogP) is 3.20. The van der Waals surface area contributed by atoms with Crippen LogP contribution in [0.1, 0.15) is 50.3 Å². The smallest absolute Gasteiger partial charge is 0.255 e. The Kier molecular flexibility index (Phi) is 6.06. The number of amides is 2. The molecule has 1 saturated carbocycles. The summed E-state index contributed by atoms with van der Waals surface area (Å²) < 4.78 is 10.7. The second-order valence-corrected chi connectivity index (χ2v) is 8.83. The lowest BCUT2D eigenvalue weighted by Crippen LogP contribution is -2.34. The van der Waals surface area contributed by atoms with Gasteiger partial charge in [0, 0.05) is 6.54 Å². The van der Waals surface area contributed by atoms with Crippen LogP contribution in [0.25, 0.3) is 0 Å². The van der Waals surface area contributed by atoms with Gasteiger partial charge in [-0.15, -0.1) is 0 Å². The second-order valence-electron chi connectivity index (χ2n) is 8.83. The van der Waals surface area contributed by atoms with Crippen LogP contribution in [-0.2, 0) is 27.0 Å². The van der Waals surface area contributed by atoms with E-state index in [-0.39, 0.29) is 17.9 Å². The molecule has 1 fully saturated rings. The minimum atomic E-state index is -0.557. The van der Waals surface area contributed by atoms with E-state index >= 15 is 0 Å². The summed E-state index contributed by atoms with van der Waals surface area (Å²) in [5, 5.41) is 3.06. The molecular formula is C24H30N2O4. The number of rotatable bonds is 8. The first-order valence-electron chi connectivity index (χ1n) is 10.1. The normalized spacial score (nSPS) is 14.7. The van der Waals surface area contributed by atoms with E-state index in [1.54, 1.807) is 12.1 Å². The molecule has 0 heterocycles. The fourth-order valence-electron chi connectivity index (χ4n) is 3.50. The van der Waals surface area contributed by atoms with Crippen molar-refractivity contribution in [1.82, 2.24) is 5.32 Å². The zero-order valence-corrected chi connectivity index (χ0v) is 18.1. The van der Waals surface area contributed by atoms with Gasteiger partial charge >= 0.3 is 0 Å². The van der Waals surface area contributed by atoms with E-state index in [2.05, 4.69) is 50.4 Å². The number of nitrogens with one attached hydrogen (secondary N) is 1. The lowest BCUT2D eigenvalue weighted by molar-refractivity contribution is -0.123. The lowest BCUT2D eigenvalue weighted by Gasteiger charge is -2.21. The van der Waals surface area contributed by atoms with Crippen LogP contribution in [0.2, 0.25) is 0 Å². The Morgan fingerprint density at radius 3 is 2.27 bits per heavy atom. The van der Waals surface area contributed by atoms with E-state index in [1.165, 1.54) is 12.7 Å². The molecule has 3 rings (SSSR count). The monoisotopic (exact) mass is 410 g/mol. The predicted molar refractivity (Wildman–Crippen MR) is 116 cm³/mol. The van der Waals surface area contributed by atoms with Gasteiger partial charge in [0.25, 0.3) is 5.91 Å². The highest BCUT2D eigenvalue weighted by Gasteiger charge is 2.51. The van der Waals surface area contributed by atoms with Crippen molar-refractivity contribution in [3.05, 3.63) is 59.2 Å². The molecule has 2 aromatic rings. The molecule has 1 aliphatic carbocycles. The van der Waals surface area contributed by atoms with Crippen molar-refractivity contribution < 1.29 is 19.1 Å². The summed E-state index contributed by atoms with van der Waals surface area (Å²) in [7, 11) is 1.52. The molecule has 6 heteroatoms. The van der Waals surface area contributed by atoms with Crippen LogP contribution >= 0.6 is 0 Å². The number of carbonyl (C=O) groups is 2. The van der Waals surface area contributed by atoms with Crippen LogP contribution in [0.5, 0.6) is 11.5 Å². The second kappa shape index (κ2) is 8.38. The summed E-state index contributed by atoms with van der Waals surface area (Å²) in [6.07, 6.45) is 1.72. The number of hydrogen-bond acceptors (Lipinski definition) is 4. The maximum absolute atomic E-state index is 13.0. The SMILES string of the molecule is COc1cc(CNC(=O)C2(c3ccc(C(C)(C)C)cc3)CC2)ccc1OCC(N)=O. The number of primary amides is 1. The van der Waals surface area contributed by atoms with Gasteiger partial charge in [-0.2, -0.15) is 0 Å². The van der Waals surface area contributed by atoms with Gasteiger partial charge < -0.3 is 20.5 Å². The van der Waals surface area contributed by atoms with Gasteiger partial charge in [-0.1, -0.05) is 51.1 Å². The van der Waals surface area contributed by atoms with Crippen molar-refractivity contribution in [3.63, 3.8) is 0 Å². The van der Waals surface area contributed by atoms with Gasteiger partial charge in [-0.05, 0) is 47.1 Å². The molecule has 0 spiro atoms. The number of ether oxygens (including phenoxy) is 2. The summed E-state index contributed by atoms with van der Waals surface area (Å²) in [4.78, 5) is 23.9. The third-order valence-electron chi connectivity index (χ3n) is 5.54. The number of nitrogens with two attached hydrogens (primary N) is 1. The number of carbonyl (C=O) groups excluding carboxylic acids is 2. The van der Waals surface area contributed by atoms with E-state index in [0.29, 0.717) is 18.0 Å². The Morgan fingerprint density at radius 2 is 1.73 bits per heavy atom. The van der Waals surface area contributed by atoms with E-state index < -0.39 is 11.3 Å². The highest BCUT2D eigenvalue weighted by atomic mass is 16.5. The van der Waals surface area contributed by atoms with Crippen molar-refractivity contribution in [3.8, 4) is 11.5 Å². The average Bonchev–Trinajstić information content (AvgIpc) is 3.52. The van der Waals surface area contributed by atoms with Crippen LogP contribution < -0.4 is 20.5 Å². The fourth-order valence-corrected chi connectivity index (χ4v) is 3.50. The topological polar surface area (TPSA) is 90.7 Å². The van der Waals surface area contributed by atoms with Crippen molar-refractivity contribution in [2.75, 3.05) is 13.7 Å². The third-order valence-corrected chi connectivity index (χ3v) is 5.54. The highest BCUT2D eigenvalue weighted by Crippen LogP contribution is 2.48. The maximum atomic E-state index is 13.0. The summed E-state index contributed by atoms with van der Waals surface area (Å²) in [5.41, 5.74) is 7.98. The molecule has 0 atom stereocenters. The number of hydrogen-bond donors (Lipinski definition) is 2. The summed E-state index contributed by atoms with van der Waals surface area (Å²) >= 11 is 0. The molecule has 2 amide bonds. The van der Waals surface area contributed by atoms with Crippen molar-refractivity contribution in [1.29, 1.82) is 0 Å². The standard InChI is InChI=1S/C24H30N2O4/c1-23(2,3)17-6-8-18(9-7-17)24(11-12-24)22(28)26-14-16-5-10-19(20(13-16)29-4)30-15-21(25)27/h5-10,13H,11-12,14-15H2,1-4H3,(H2,25,27)(H,26,28). The van der Waals surface area contributed by atoms with E-state index in [4.69, 9.17) is 15.2 Å². The van der Waals surface area contributed by atoms with Crippen molar-refractivity contribution in [2.45, 2.75) is 51.0 Å². The first kappa shape index (κ1) is 21.7. The van der Waals surface area contributed by atoms with Gasteiger partial charge in [0.2, 0.25) is 5.91 Å². The molecule has 0 aliphatic heterocycles. The molecule has 1 aliphatic rings. The summed E-state index contributed by atoms with van der Waals surface area (Å²) in [6, 6.07) is 13.7. The van der Waals surface area contributed by atoms with Crippen LogP contribution in [-0.4, -0.2) is 25.5 Å². The molecule has 0 bridgehead atoms. The van der Waals surface area contributed by atoms with Gasteiger partial charge in [-0.25, -0.2) is 0 Å². The van der Waals surface area contributed by atoms with E-state index in [9.17, 15) is 9.59 Å². The Labute approximate surface area is 177 Å². The van der Waals surface area contributed by atoms with Crippen LogP contribution in [0.15, 0.2) is 42.5 Å². The third kappa shape index (κ3) is 4.75. The zero-order valence-electron chi connectivity index (χ0n) is 18.1. The first-order chi connectivity index (χ1) is 14.2. The Balaban J connectivity index is 1.66. The Morgan fingerprint density at radius 1 is 1.07 bits per heavy atom. The van der Waals surface area contributed by atoms with Gasteiger partial charge in [0.1, 0.15) is 0 Å².